The molecule has 2 heterocycles. The molecule has 1 amide bonds. The summed E-state index contributed by atoms with van der Waals surface area (Å²) >= 11 is 0. The summed E-state index contributed by atoms with van der Waals surface area (Å²) in [6, 6.07) is 1.76. The van der Waals surface area contributed by atoms with E-state index in [0.717, 1.165) is 5.69 Å². The molecule has 1 fully saturated rings. The van der Waals surface area contributed by atoms with Crippen LogP contribution in [0.4, 0.5) is 5.82 Å². The Morgan fingerprint density at radius 2 is 2.10 bits per heavy atom. The third kappa shape index (κ3) is 2.70. The molecule has 0 aromatic carbocycles. The quantitative estimate of drug-likeness (QED) is 0.878. The number of carbonyl (C=O) groups excluding carboxylic acids is 1. The number of hydrogen-bond acceptors (Lipinski definition) is 4. The van der Waals surface area contributed by atoms with Crippen LogP contribution < -0.4 is 10.2 Å². The maximum atomic E-state index is 12.0. The van der Waals surface area contributed by atoms with Crippen molar-refractivity contribution < 1.29 is 14.7 Å². The minimum atomic E-state index is -0.983. The highest BCUT2D eigenvalue weighted by molar-refractivity contribution is 5.95. The highest BCUT2D eigenvalue weighted by Crippen LogP contribution is 2.34. The van der Waals surface area contributed by atoms with Gasteiger partial charge in [0.05, 0.1) is 5.41 Å². The molecule has 0 spiro atoms. The van der Waals surface area contributed by atoms with Crippen LogP contribution in [-0.4, -0.2) is 42.1 Å². The number of carbonyl (C=O) groups is 2. The highest BCUT2D eigenvalue weighted by atomic mass is 16.4. The van der Waals surface area contributed by atoms with Crippen LogP contribution >= 0.6 is 0 Å². The number of aromatic carboxylic acids is 1. The van der Waals surface area contributed by atoms with Gasteiger partial charge in [0, 0.05) is 25.8 Å². The number of amides is 1. The number of anilines is 1. The number of hydrogen-bond donors (Lipinski definition) is 2. The summed E-state index contributed by atoms with van der Waals surface area (Å²) in [5.74, 6) is -0.539. The zero-order valence-corrected chi connectivity index (χ0v) is 12.9. The van der Waals surface area contributed by atoms with E-state index in [1.54, 1.807) is 20.0 Å². The van der Waals surface area contributed by atoms with E-state index in [9.17, 15) is 14.7 Å². The molecule has 1 saturated heterocycles. The third-order valence-electron chi connectivity index (χ3n) is 4.09. The van der Waals surface area contributed by atoms with Gasteiger partial charge in [-0.2, -0.15) is 0 Å². The predicted octanol–water partition coefficient (Wildman–Crippen LogP) is 1.36. The summed E-state index contributed by atoms with van der Waals surface area (Å²) in [5, 5.41) is 12.1. The molecule has 6 nitrogen and oxygen atoms in total. The molecule has 1 atom stereocenters. The second kappa shape index (κ2) is 5.35. The van der Waals surface area contributed by atoms with Gasteiger partial charge < -0.3 is 15.3 Å². The highest BCUT2D eigenvalue weighted by Gasteiger charge is 2.41. The van der Waals surface area contributed by atoms with Gasteiger partial charge in [-0.05, 0) is 38.8 Å². The van der Waals surface area contributed by atoms with Crippen molar-refractivity contribution in [3.63, 3.8) is 0 Å². The summed E-state index contributed by atoms with van der Waals surface area (Å²) in [4.78, 5) is 29.8. The van der Waals surface area contributed by atoms with E-state index in [2.05, 4.69) is 10.3 Å². The van der Waals surface area contributed by atoms with Gasteiger partial charge in [-0.3, -0.25) is 4.79 Å². The Morgan fingerprint density at radius 1 is 1.43 bits per heavy atom. The van der Waals surface area contributed by atoms with Crippen molar-refractivity contribution >= 4 is 17.7 Å². The maximum absolute atomic E-state index is 12.0. The van der Waals surface area contributed by atoms with Gasteiger partial charge in [-0.15, -0.1) is 0 Å². The third-order valence-corrected chi connectivity index (χ3v) is 4.09. The Hall–Kier alpha value is -2.11. The van der Waals surface area contributed by atoms with E-state index in [4.69, 9.17) is 0 Å². The molecule has 0 radical (unpaired) electrons. The van der Waals surface area contributed by atoms with Crippen LogP contribution in [0.5, 0.6) is 0 Å². The Morgan fingerprint density at radius 3 is 2.67 bits per heavy atom. The summed E-state index contributed by atoms with van der Waals surface area (Å²) < 4.78 is 0. The number of pyridine rings is 1. The smallest absolute Gasteiger partial charge is 0.339 e. The summed E-state index contributed by atoms with van der Waals surface area (Å²) in [5.41, 5.74) is 1.19. The van der Waals surface area contributed by atoms with Crippen LogP contribution in [0.1, 0.15) is 35.0 Å². The van der Waals surface area contributed by atoms with Crippen LogP contribution in [0.15, 0.2) is 6.07 Å². The molecule has 2 N–H and O–H groups in total. The Balaban J connectivity index is 2.40. The van der Waals surface area contributed by atoms with Gasteiger partial charge in [0.1, 0.15) is 11.4 Å². The minimum absolute atomic E-state index is 0.0220. The van der Waals surface area contributed by atoms with E-state index in [-0.39, 0.29) is 11.5 Å². The maximum Gasteiger partial charge on any atom is 0.339 e. The minimum Gasteiger partial charge on any atom is -0.478 e. The second-order valence-electron chi connectivity index (χ2n) is 5.90. The van der Waals surface area contributed by atoms with Gasteiger partial charge in [0.25, 0.3) is 0 Å². The monoisotopic (exact) mass is 291 g/mol. The molecule has 114 valence electrons. The van der Waals surface area contributed by atoms with Gasteiger partial charge >= 0.3 is 5.97 Å². The number of nitrogens with zero attached hydrogens (tertiary/aromatic N) is 2. The SMILES string of the molecule is CNC(=O)C1(C)CCN(c2nc(C)cc(C)c2C(=O)O)C1. The van der Waals surface area contributed by atoms with Crippen molar-refractivity contribution in [2.45, 2.75) is 27.2 Å². The van der Waals surface area contributed by atoms with Crippen LogP contribution in [0.25, 0.3) is 0 Å². The van der Waals surface area contributed by atoms with Gasteiger partial charge in [0.15, 0.2) is 0 Å². The van der Waals surface area contributed by atoms with E-state index >= 15 is 0 Å². The number of rotatable bonds is 3. The number of carboxylic acids is 1. The number of aromatic nitrogens is 1. The van der Waals surface area contributed by atoms with Crippen molar-refractivity contribution in [2.24, 2.45) is 5.41 Å². The van der Waals surface area contributed by atoms with E-state index < -0.39 is 11.4 Å². The van der Waals surface area contributed by atoms with Gasteiger partial charge in [-0.1, -0.05) is 0 Å². The molecule has 2 rings (SSSR count). The fourth-order valence-electron chi connectivity index (χ4n) is 2.94. The fraction of sp³-hybridized carbons (Fsp3) is 0.533. The van der Waals surface area contributed by atoms with Crippen LogP contribution in [0.2, 0.25) is 0 Å². The molecule has 1 aromatic heterocycles. The molecule has 21 heavy (non-hydrogen) atoms. The zero-order valence-electron chi connectivity index (χ0n) is 12.9. The topological polar surface area (TPSA) is 82.5 Å². The van der Waals surface area contributed by atoms with Crippen molar-refractivity contribution in [1.82, 2.24) is 10.3 Å². The van der Waals surface area contributed by atoms with Crippen molar-refractivity contribution in [3.05, 3.63) is 22.9 Å². The van der Waals surface area contributed by atoms with Crippen LogP contribution in [0.3, 0.4) is 0 Å². The molecule has 1 aliphatic heterocycles. The number of carboxylic acid groups (broad SMARTS) is 1. The molecule has 0 bridgehead atoms. The average molecular weight is 291 g/mol. The lowest BCUT2D eigenvalue weighted by Crippen LogP contribution is -2.39. The summed E-state index contributed by atoms with van der Waals surface area (Å²) in [6.07, 6.45) is 0.681. The molecular formula is C15H21N3O3. The summed E-state index contributed by atoms with van der Waals surface area (Å²) in [6.45, 7) is 6.61. The molecule has 1 aliphatic rings. The van der Waals surface area contributed by atoms with Crippen molar-refractivity contribution in [2.75, 3.05) is 25.0 Å². The van der Waals surface area contributed by atoms with Crippen molar-refractivity contribution in [1.29, 1.82) is 0 Å². The standard InChI is InChI=1S/C15H21N3O3/c1-9-7-10(2)17-12(11(9)13(19)20)18-6-5-15(3,8-18)14(21)16-4/h7H,5-6,8H2,1-4H3,(H,16,21)(H,19,20). The predicted molar refractivity (Wildman–Crippen MR) is 79.7 cm³/mol. The van der Waals surface area contributed by atoms with Crippen LogP contribution in [0, 0.1) is 19.3 Å². The molecule has 0 aliphatic carbocycles. The molecular weight excluding hydrogens is 270 g/mol. The molecule has 1 aromatic rings. The largest absolute Gasteiger partial charge is 0.478 e. The first-order valence-corrected chi connectivity index (χ1v) is 6.97. The first-order chi connectivity index (χ1) is 9.78. The van der Waals surface area contributed by atoms with E-state index in [1.807, 2.05) is 18.7 Å². The zero-order chi connectivity index (χ0) is 15.8. The number of nitrogens with one attached hydrogen (secondary N) is 1. The van der Waals surface area contributed by atoms with Crippen LogP contribution in [-0.2, 0) is 4.79 Å². The Labute approximate surface area is 124 Å². The second-order valence-corrected chi connectivity index (χ2v) is 5.90. The average Bonchev–Trinajstić information content (AvgIpc) is 2.80. The first kappa shape index (κ1) is 15.3. The van der Waals surface area contributed by atoms with Gasteiger partial charge in [-0.25, -0.2) is 9.78 Å². The Bertz CT molecular complexity index is 600. The molecule has 1 unspecified atom stereocenters. The fourth-order valence-corrected chi connectivity index (χ4v) is 2.94. The van der Waals surface area contributed by atoms with Crippen molar-refractivity contribution in [3.8, 4) is 0 Å². The lowest BCUT2D eigenvalue weighted by molar-refractivity contribution is -0.128. The Kier molecular flexibility index (Phi) is 3.89. The normalized spacial score (nSPS) is 21.4. The summed E-state index contributed by atoms with van der Waals surface area (Å²) in [7, 11) is 1.62. The lowest BCUT2D eigenvalue weighted by Gasteiger charge is -2.24. The van der Waals surface area contributed by atoms with Gasteiger partial charge in [0.2, 0.25) is 5.91 Å². The molecule has 0 saturated carbocycles. The number of aryl methyl sites for hydroxylation is 2. The van der Waals surface area contributed by atoms with E-state index in [1.165, 1.54) is 0 Å². The lowest BCUT2D eigenvalue weighted by atomic mass is 9.89. The first-order valence-electron chi connectivity index (χ1n) is 6.97. The van der Waals surface area contributed by atoms with E-state index in [0.29, 0.717) is 30.9 Å². The molecule has 6 heteroatoms.